The van der Waals surface area contributed by atoms with Gasteiger partial charge in [0.05, 0.1) is 26.5 Å². The molecule has 0 unspecified atom stereocenters. The molecule has 1 aromatic carbocycles. The minimum absolute atomic E-state index is 0. The van der Waals surface area contributed by atoms with Gasteiger partial charge in [0.25, 0.3) is 0 Å². The lowest BCUT2D eigenvalue weighted by Gasteiger charge is -2.38. The quantitative estimate of drug-likeness (QED) is 0.305. The fourth-order valence-corrected chi connectivity index (χ4v) is 4.21. The first-order valence-electron chi connectivity index (χ1n) is 10.6. The zero-order chi connectivity index (χ0) is 21.6. The molecule has 172 valence electrons. The molecule has 3 rings (SSSR count). The Morgan fingerprint density at radius 1 is 1.10 bits per heavy atom. The van der Waals surface area contributed by atoms with Crippen LogP contribution in [0.25, 0.3) is 0 Å². The van der Waals surface area contributed by atoms with Gasteiger partial charge in [-0.15, -0.1) is 24.0 Å². The van der Waals surface area contributed by atoms with E-state index in [0.29, 0.717) is 12.4 Å². The van der Waals surface area contributed by atoms with Crippen molar-refractivity contribution >= 4 is 29.9 Å². The normalized spacial score (nSPS) is 15.7. The van der Waals surface area contributed by atoms with E-state index in [-0.39, 0.29) is 29.4 Å². The van der Waals surface area contributed by atoms with Crippen LogP contribution < -0.4 is 20.1 Å². The number of aliphatic imine (C=N–C) groups is 1. The summed E-state index contributed by atoms with van der Waals surface area (Å²) >= 11 is 0. The summed E-state index contributed by atoms with van der Waals surface area (Å²) in [6.45, 7) is 5.17. The number of ether oxygens (including phenoxy) is 2. The van der Waals surface area contributed by atoms with Crippen molar-refractivity contribution in [3.05, 3.63) is 41.1 Å². The van der Waals surface area contributed by atoms with Crippen molar-refractivity contribution in [1.82, 2.24) is 15.6 Å². The van der Waals surface area contributed by atoms with Gasteiger partial charge in [-0.2, -0.15) is 0 Å². The SMILES string of the molecule is CN=C(NCc1nc(C)c(C)o1)NCC1(c2ccc(OC)c(OC)c2)CCCCC1.I. The smallest absolute Gasteiger partial charge is 0.214 e. The van der Waals surface area contributed by atoms with E-state index in [1.165, 1.54) is 24.8 Å². The summed E-state index contributed by atoms with van der Waals surface area (Å²) in [5.74, 6) is 3.80. The Labute approximate surface area is 202 Å². The van der Waals surface area contributed by atoms with Gasteiger partial charge in [-0.1, -0.05) is 25.3 Å². The number of aryl methyl sites for hydroxylation is 2. The van der Waals surface area contributed by atoms with Gasteiger partial charge in [-0.3, -0.25) is 4.99 Å². The molecule has 0 aliphatic heterocycles. The van der Waals surface area contributed by atoms with E-state index in [1.54, 1.807) is 21.3 Å². The minimum atomic E-state index is 0. The molecule has 0 saturated heterocycles. The third kappa shape index (κ3) is 6.05. The number of guanidine groups is 1. The van der Waals surface area contributed by atoms with E-state index >= 15 is 0 Å². The number of oxazole rings is 1. The Balaban J connectivity index is 0.00000341. The molecule has 0 amide bonds. The van der Waals surface area contributed by atoms with Crippen molar-refractivity contribution in [2.75, 3.05) is 27.8 Å². The summed E-state index contributed by atoms with van der Waals surface area (Å²) < 4.78 is 16.6. The summed E-state index contributed by atoms with van der Waals surface area (Å²) in [6.07, 6.45) is 5.98. The first kappa shape index (κ1) is 25.3. The highest BCUT2D eigenvalue weighted by Crippen LogP contribution is 2.42. The van der Waals surface area contributed by atoms with Crippen LogP contribution in [0.4, 0.5) is 0 Å². The molecule has 1 saturated carbocycles. The number of nitrogens with one attached hydrogen (secondary N) is 2. The van der Waals surface area contributed by atoms with Crippen molar-refractivity contribution in [1.29, 1.82) is 0 Å². The number of hydrogen-bond donors (Lipinski definition) is 2. The second-order valence-corrected chi connectivity index (χ2v) is 7.94. The third-order valence-corrected chi connectivity index (χ3v) is 6.10. The molecule has 0 radical (unpaired) electrons. The first-order chi connectivity index (χ1) is 14.5. The van der Waals surface area contributed by atoms with E-state index in [1.807, 2.05) is 19.9 Å². The highest BCUT2D eigenvalue weighted by Gasteiger charge is 2.34. The van der Waals surface area contributed by atoms with E-state index in [0.717, 1.165) is 48.3 Å². The lowest BCUT2D eigenvalue weighted by atomic mass is 9.69. The fourth-order valence-electron chi connectivity index (χ4n) is 4.21. The van der Waals surface area contributed by atoms with Crippen LogP contribution in [0.3, 0.4) is 0 Å². The van der Waals surface area contributed by atoms with Crippen molar-refractivity contribution in [3.63, 3.8) is 0 Å². The van der Waals surface area contributed by atoms with E-state index in [4.69, 9.17) is 13.9 Å². The monoisotopic (exact) mass is 542 g/mol. The average molecular weight is 542 g/mol. The van der Waals surface area contributed by atoms with Gasteiger partial charge in [0.15, 0.2) is 17.5 Å². The molecule has 0 atom stereocenters. The van der Waals surface area contributed by atoms with Gasteiger partial charge in [-0.05, 0) is 44.4 Å². The Morgan fingerprint density at radius 3 is 2.39 bits per heavy atom. The lowest BCUT2D eigenvalue weighted by molar-refractivity contribution is 0.288. The number of nitrogens with zero attached hydrogens (tertiary/aromatic N) is 2. The molecule has 1 aliphatic carbocycles. The summed E-state index contributed by atoms with van der Waals surface area (Å²) in [7, 11) is 5.14. The Hall–Kier alpha value is -1.97. The van der Waals surface area contributed by atoms with Crippen molar-refractivity contribution in [3.8, 4) is 11.5 Å². The molecular weight excluding hydrogens is 507 g/mol. The Bertz CT molecular complexity index is 856. The maximum absolute atomic E-state index is 5.66. The average Bonchev–Trinajstić information content (AvgIpc) is 3.11. The standard InChI is InChI=1S/C23H34N4O3.HI/c1-16-17(2)30-21(27-16)14-25-22(24-3)26-15-23(11-7-6-8-12-23)18-9-10-19(28-4)20(13-18)29-5;/h9-10,13H,6-8,11-12,14-15H2,1-5H3,(H2,24,25,26);1H. The number of aromatic nitrogens is 1. The zero-order valence-corrected chi connectivity index (χ0v) is 21.5. The molecule has 2 N–H and O–H groups in total. The van der Waals surface area contributed by atoms with Crippen LogP contribution in [0.5, 0.6) is 11.5 Å². The van der Waals surface area contributed by atoms with Gasteiger partial charge in [0, 0.05) is 19.0 Å². The molecule has 1 aliphatic rings. The van der Waals surface area contributed by atoms with Crippen LogP contribution in [0.15, 0.2) is 27.6 Å². The van der Waals surface area contributed by atoms with Gasteiger partial charge in [0.2, 0.25) is 5.89 Å². The number of benzene rings is 1. The van der Waals surface area contributed by atoms with E-state index in [9.17, 15) is 0 Å². The summed E-state index contributed by atoms with van der Waals surface area (Å²) in [5, 5.41) is 6.85. The van der Waals surface area contributed by atoms with Gasteiger partial charge in [0.1, 0.15) is 5.76 Å². The Morgan fingerprint density at radius 2 is 1.81 bits per heavy atom. The molecule has 1 fully saturated rings. The number of methoxy groups -OCH3 is 2. The molecule has 31 heavy (non-hydrogen) atoms. The Kier molecular flexibility index (Phi) is 9.46. The van der Waals surface area contributed by atoms with Crippen LogP contribution in [-0.4, -0.2) is 38.8 Å². The fraction of sp³-hybridized carbons (Fsp3) is 0.565. The first-order valence-corrected chi connectivity index (χ1v) is 10.6. The highest BCUT2D eigenvalue weighted by molar-refractivity contribution is 14.0. The summed E-state index contributed by atoms with van der Waals surface area (Å²) in [4.78, 5) is 8.81. The van der Waals surface area contributed by atoms with Gasteiger partial charge < -0.3 is 24.5 Å². The predicted octanol–water partition coefficient (Wildman–Crippen LogP) is 4.49. The summed E-state index contributed by atoms with van der Waals surface area (Å²) in [5.41, 5.74) is 2.23. The van der Waals surface area contributed by atoms with Crippen molar-refractivity contribution < 1.29 is 13.9 Å². The van der Waals surface area contributed by atoms with Crippen molar-refractivity contribution in [2.45, 2.75) is 57.9 Å². The second kappa shape index (κ2) is 11.6. The summed E-state index contributed by atoms with van der Waals surface area (Å²) in [6, 6.07) is 6.30. The van der Waals surface area contributed by atoms with Gasteiger partial charge in [-0.25, -0.2) is 4.98 Å². The molecule has 0 spiro atoms. The molecule has 8 heteroatoms. The maximum Gasteiger partial charge on any atom is 0.214 e. The largest absolute Gasteiger partial charge is 0.493 e. The predicted molar refractivity (Wildman–Crippen MR) is 134 cm³/mol. The van der Waals surface area contributed by atoms with Crippen LogP contribution in [0.2, 0.25) is 0 Å². The number of halogens is 1. The third-order valence-electron chi connectivity index (χ3n) is 6.10. The van der Waals surface area contributed by atoms with E-state index < -0.39 is 0 Å². The zero-order valence-electron chi connectivity index (χ0n) is 19.2. The molecule has 2 aromatic rings. The van der Waals surface area contributed by atoms with Crippen LogP contribution >= 0.6 is 24.0 Å². The molecule has 1 aromatic heterocycles. The van der Waals surface area contributed by atoms with Crippen molar-refractivity contribution in [2.24, 2.45) is 4.99 Å². The molecule has 0 bridgehead atoms. The van der Waals surface area contributed by atoms with Gasteiger partial charge >= 0.3 is 0 Å². The number of rotatable bonds is 7. The molecule has 7 nitrogen and oxygen atoms in total. The van der Waals surface area contributed by atoms with Crippen LogP contribution in [0.1, 0.15) is 55.0 Å². The molecule has 1 heterocycles. The number of hydrogen-bond acceptors (Lipinski definition) is 5. The van der Waals surface area contributed by atoms with Crippen LogP contribution in [-0.2, 0) is 12.0 Å². The highest BCUT2D eigenvalue weighted by atomic mass is 127. The molecular formula is C23H35IN4O3. The van der Waals surface area contributed by atoms with Crippen LogP contribution in [0, 0.1) is 13.8 Å². The second-order valence-electron chi connectivity index (χ2n) is 7.94. The maximum atomic E-state index is 5.66. The van der Waals surface area contributed by atoms with E-state index in [2.05, 4.69) is 32.7 Å². The lowest BCUT2D eigenvalue weighted by Crippen LogP contribution is -2.46. The topological polar surface area (TPSA) is 80.9 Å². The minimum Gasteiger partial charge on any atom is -0.493 e.